The molecule has 128 valence electrons. The van der Waals surface area contributed by atoms with Gasteiger partial charge in [0.1, 0.15) is 5.54 Å². The highest BCUT2D eigenvalue weighted by molar-refractivity contribution is 7.99. The van der Waals surface area contributed by atoms with E-state index in [1.54, 1.807) is 12.1 Å². The molecule has 1 aliphatic carbocycles. The van der Waals surface area contributed by atoms with Gasteiger partial charge in [0, 0.05) is 5.75 Å². The Morgan fingerprint density at radius 1 is 1.17 bits per heavy atom. The number of hydrogen-bond donors (Lipinski definition) is 2. The number of thioether (sulfide) groups is 1. The summed E-state index contributed by atoms with van der Waals surface area (Å²) in [6, 6.07) is 9.31. The Morgan fingerprint density at radius 3 is 2.33 bits per heavy atom. The van der Waals surface area contributed by atoms with Crippen molar-refractivity contribution >= 4 is 23.6 Å². The van der Waals surface area contributed by atoms with Crippen LogP contribution in [0.3, 0.4) is 0 Å². The Bertz CT molecular complexity index is 614. The van der Waals surface area contributed by atoms with Crippen LogP contribution in [0, 0.1) is 11.3 Å². The van der Waals surface area contributed by atoms with Crippen LogP contribution in [0.1, 0.15) is 49.7 Å². The zero-order chi connectivity index (χ0) is 17.4. The predicted octanol–water partition coefficient (Wildman–Crippen LogP) is 3.09. The van der Waals surface area contributed by atoms with Crippen LogP contribution in [0.25, 0.3) is 0 Å². The zero-order valence-corrected chi connectivity index (χ0v) is 14.4. The first-order chi connectivity index (χ1) is 11.6. The van der Waals surface area contributed by atoms with Crippen molar-refractivity contribution in [2.24, 2.45) is 0 Å². The van der Waals surface area contributed by atoms with Crippen molar-refractivity contribution in [2.75, 3.05) is 5.75 Å². The van der Waals surface area contributed by atoms with Gasteiger partial charge in [0.2, 0.25) is 5.91 Å². The SMILES string of the molecule is N#Cc1ccc(CSCC(=O)NC2(C(=O)O)CCCCCC2)cc1. The first-order valence-corrected chi connectivity index (χ1v) is 9.32. The second kappa shape index (κ2) is 8.74. The Balaban J connectivity index is 1.84. The molecule has 0 heterocycles. The van der Waals surface area contributed by atoms with Gasteiger partial charge in [0.15, 0.2) is 0 Å². The largest absolute Gasteiger partial charge is 0.480 e. The number of hydrogen-bond acceptors (Lipinski definition) is 4. The van der Waals surface area contributed by atoms with Crippen molar-refractivity contribution in [1.82, 2.24) is 5.32 Å². The minimum Gasteiger partial charge on any atom is -0.480 e. The van der Waals surface area contributed by atoms with Crippen LogP contribution < -0.4 is 5.32 Å². The molecule has 0 unspecified atom stereocenters. The molecule has 6 heteroatoms. The summed E-state index contributed by atoms with van der Waals surface area (Å²) in [7, 11) is 0. The fourth-order valence-electron chi connectivity index (χ4n) is 2.96. The number of aliphatic carboxylic acids is 1. The molecule has 1 fully saturated rings. The monoisotopic (exact) mass is 346 g/mol. The van der Waals surface area contributed by atoms with Crippen molar-refractivity contribution in [2.45, 2.75) is 49.8 Å². The van der Waals surface area contributed by atoms with Gasteiger partial charge in [-0.1, -0.05) is 37.8 Å². The first kappa shape index (κ1) is 18.3. The lowest BCUT2D eigenvalue weighted by Crippen LogP contribution is -2.54. The van der Waals surface area contributed by atoms with Crippen molar-refractivity contribution < 1.29 is 14.7 Å². The van der Waals surface area contributed by atoms with Crippen molar-refractivity contribution in [3.8, 4) is 6.07 Å². The molecule has 0 spiro atoms. The van der Waals surface area contributed by atoms with Crippen LogP contribution in [-0.2, 0) is 15.3 Å². The number of amides is 1. The quantitative estimate of drug-likeness (QED) is 0.773. The minimum atomic E-state index is -1.09. The fraction of sp³-hybridized carbons (Fsp3) is 0.500. The molecule has 1 aliphatic rings. The molecule has 1 aromatic rings. The van der Waals surface area contributed by atoms with Gasteiger partial charge in [-0.05, 0) is 30.5 Å². The maximum atomic E-state index is 12.2. The van der Waals surface area contributed by atoms with E-state index in [1.807, 2.05) is 12.1 Å². The lowest BCUT2D eigenvalue weighted by atomic mass is 9.90. The summed E-state index contributed by atoms with van der Waals surface area (Å²) in [6.45, 7) is 0. The molecule has 1 aromatic carbocycles. The second-order valence-electron chi connectivity index (χ2n) is 6.15. The highest BCUT2D eigenvalue weighted by Gasteiger charge is 2.39. The van der Waals surface area contributed by atoms with Crippen LogP contribution in [0.15, 0.2) is 24.3 Å². The number of carboxylic acids is 1. The van der Waals surface area contributed by atoms with Gasteiger partial charge in [-0.25, -0.2) is 4.79 Å². The molecule has 2 rings (SSSR count). The third-order valence-corrected chi connectivity index (χ3v) is 5.33. The van der Waals surface area contributed by atoms with E-state index >= 15 is 0 Å². The van der Waals surface area contributed by atoms with Gasteiger partial charge in [-0.15, -0.1) is 11.8 Å². The Hall–Kier alpha value is -2.00. The maximum Gasteiger partial charge on any atom is 0.329 e. The van der Waals surface area contributed by atoms with Crippen LogP contribution in [-0.4, -0.2) is 28.3 Å². The van der Waals surface area contributed by atoms with E-state index in [0.29, 0.717) is 24.2 Å². The lowest BCUT2D eigenvalue weighted by Gasteiger charge is -2.29. The molecule has 0 radical (unpaired) electrons. The van der Waals surface area contributed by atoms with E-state index in [9.17, 15) is 14.7 Å². The maximum absolute atomic E-state index is 12.2. The summed E-state index contributed by atoms with van der Waals surface area (Å²) < 4.78 is 0. The van der Waals surface area contributed by atoms with Crippen molar-refractivity contribution in [3.05, 3.63) is 35.4 Å². The molecule has 0 saturated heterocycles. The van der Waals surface area contributed by atoms with Crippen LogP contribution in [0.5, 0.6) is 0 Å². The Kier molecular flexibility index (Phi) is 6.68. The second-order valence-corrected chi connectivity index (χ2v) is 7.14. The zero-order valence-electron chi connectivity index (χ0n) is 13.6. The molecule has 0 aliphatic heterocycles. The highest BCUT2D eigenvalue weighted by Crippen LogP contribution is 2.27. The number of carbonyl (C=O) groups is 2. The van der Waals surface area contributed by atoms with Gasteiger partial charge in [-0.2, -0.15) is 5.26 Å². The smallest absolute Gasteiger partial charge is 0.329 e. The summed E-state index contributed by atoms with van der Waals surface area (Å²) in [5.74, 6) is -0.262. The molecule has 0 bridgehead atoms. The summed E-state index contributed by atoms with van der Waals surface area (Å²) >= 11 is 1.44. The van der Waals surface area contributed by atoms with E-state index in [-0.39, 0.29) is 11.7 Å². The Morgan fingerprint density at radius 2 is 1.79 bits per heavy atom. The summed E-state index contributed by atoms with van der Waals surface area (Å²) in [5, 5.41) is 21.1. The van der Waals surface area contributed by atoms with Crippen molar-refractivity contribution in [3.63, 3.8) is 0 Å². The molecule has 1 amide bonds. The molecule has 5 nitrogen and oxygen atoms in total. The fourth-order valence-corrected chi connectivity index (χ4v) is 3.75. The van der Waals surface area contributed by atoms with Gasteiger partial charge >= 0.3 is 5.97 Å². The Labute approximate surface area is 146 Å². The van der Waals surface area contributed by atoms with E-state index in [1.165, 1.54) is 11.8 Å². The summed E-state index contributed by atoms with van der Waals surface area (Å²) in [5.41, 5.74) is 0.551. The van der Waals surface area contributed by atoms with E-state index in [0.717, 1.165) is 31.2 Å². The third-order valence-electron chi connectivity index (χ3n) is 4.33. The number of nitrogens with zero attached hydrogens (tertiary/aromatic N) is 1. The molecular weight excluding hydrogens is 324 g/mol. The van der Waals surface area contributed by atoms with E-state index in [4.69, 9.17) is 5.26 Å². The minimum absolute atomic E-state index is 0.224. The van der Waals surface area contributed by atoms with E-state index < -0.39 is 11.5 Å². The van der Waals surface area contributed by atoms with Gasteiger partial charge in [-0.3, -0.25) is 4.79 Å². The molecular formula is C18H22N2O3S. The number of carbonyl (C=O) groups excluding carboxylic acids is 1. The molecule has 1 saturated carbocycles. The van der Waals surface area contributed by atoms with Crippen LogP contribution in [0.4, 0.5) is 0 Å². The van der Waals surface area contributed by atoms with Gasteiger partial charge in [0.05, 0.1) is 17.4 Å². The average molecular weight is 346 g/mol. The number of nitrogens with one attached hydrogen (secondary N) is 1. The van der Waals surface area contributed by atoms with Crippen LogP contribution in [0.2, 0.25) is 0 Å². The first-order valence-electron chi connectivity index (χ1n) is 8.17. The summed E-state index contributed by atoms with van der Waals surface area (Å²) in [4.78, 5) is 23.9. The number of benzene rings is 1. The normalized spacial score (nSPS) is 16.6. The average Bonchev–Trinajstić information content (AvgIpc) is 2.82. The summed E-state index contributed by atoms with van der Waals surface area (Å²) in [6.07, 6.45) is 4.75. The number of rotatable bonds is 6. The standard InChI is InChI=1S/C18H22N2O3S/c19-11-14-5-7-15(8-6-14)12-24-13-16(21)20-18(17(22)23)9-3-1-2-4-10-18/h5-8H,1-4,9-10,12-13H2,(H,20,21)(H,22,23). The van der Waals surface area contributed by atoms with Gasteiger partial charge in [0.25, 0.3) is 0 Å². The topological polar surface area (TPSA) is 90.2 Å². The van der Waals surface area contributed by atoms with Crippen LogP contribution >= 0.6 is 11.8 Å². The highest BCUT2D eigenvalue weighted by atomic mass is 32.2. The van der Waals surface area contributed by atoms with Crippen molar-refractivity contribution in [1.29, 1.82) is 5.26 Å². The molecule has 2 N–H and O–H groups in total. The number of carboxylic acid groups (broad SMARTS) is 1. The molecule has 24 heavy (non-hydrogen) atoms. The van der Waals surface area contributed by atoms with Gasteiger partial charge < -0.3 is 10.4 Å². The molecule has 0 atom stereocenters. The number of nitriles is 1. The third kappa shape index (κ3) is 5.00. The van der Waals surface area contributed by atoms with E-state index in [2.05, 4.69) is 11.4 Å². The lowest BCUT2D eigenvalue weighted by molar-refractivity contribution is -0.148. The molecule has 0 aromatic heterocycles. The predicted molar refractivity (Wildman–Crippen MR) is 93.5 cm³/mol.